The summed E-state index contributed by atoms with van der Waals surface area (Å²) in [5.74, 6) is -0.0934. The van der Waals surface area contributed by atoms with E-state index in [-0.39, 0.29) is 5.91 Å². The van der Waals surface area contributed by atoms with Crippen LogP contribution in [0.4, 0.5) is 0 Å². The second kappa shape index (κ2) is 9.52. The third kappa shape index (κ3) is 4.29. The number of carbonyl (C=O) groups is 1. The van der Waals surface area contributed by atoms with Gasteiger partial charge in [0.2, 0.25) is 0 Å². The fraction of sp³-hybridized carbons (Fsp3) is 0.308. The third-order valence-electron chi connectivity index (χ3n) is 6.40. The SMILES string of the molecule is CCc1nn2c(C)c(C(=O)N3CCN(Cc4ccccc4)CC3)nnc2c1-c1cccc(Cl)c1. The molecule has 4 aromatic rings. The van der Waals surface area contributed by atoms with Crippen LogP contribution >= 0.6 is 11.6 Å². The molecule has 5 rings (SSSR count). The highest BCUT2D eigenvalue weighted by molar-refractivity contribution is 6.30. The molecule has 3 heterocycles. The highest BCUT2D eigenvalue weighted by Crippen LogP contribution is 2.30. The van der Waals surface area contributed by atoms with Crippen molar-refractivity contribution in [3.8, 4) is 11.1 Å². The standard InChI is InChI=1S/C26H27ClN6O/c1-3-22-23(20-10-7-11-21(27)16-20)25-29-28-24(18(2)33(25)30-22)26(34)32-14-12-31(13-15-32)17-19-8-5-4-6-9-19/h4-11,16H,3,12-15,17H2,1-2H3. The molecule has 1 aliphatic rings. The van der Waals surface area contributed by atoms with Crippen molar-refractivity contribution in [2.24, 2.45) is 0 Å². The van der Waals surface area contributed by atoms with Crippen LogP contribution in [0.3, 0.4) is 0 Å². The Bertz CT molecular complexity index is 1330. The predicted molar refractivity (Wildman–Crippen MR) is 133 cm³/mol. The van der Waals surface area contributed by atoms with E-state index < -0.39 is 0 Å². The lowest BCUT2D eigenvalue weighted by Gasteiger charge is -2.34. The number of amides is 1. The van der Waals surface area contributed by atoms with E-state index in [0.29, 0.717) is 35.1 Å². The van der Waals surface area contributed by atoms with E-state index in [1.807, 2.05) is 42.2 Å². The molecule has 0 radical (unpaired) electrons. The summed E-state index contributed by atoms with van der Waals surface area (Å²) in [6.07, 6.45) is 0.733. The minimum absolute atomic E-state index is 0.0934. The number of nitrogens with zero attached hydrogens (tertiary/aromatic N) is 6. The molecule has 1 amide bonds. The van der Waals surface area contributed by atoms with Crippen molar-refractivity contribution in [1.29, 1.82) is 0 Å². The Morgan fingerprint density at radius 1 is 1.00 bits per heavy atom. The number of fused-ring (bicyclic) bond motifs is 1. The second-order valence-electron chi connectivity index (χ2n) is 8.61. The highest BCUT2D eigenvalue weighted by Gasteiger charge is 2.27. The quantitative estimate of drug-likeness (QED) is 0.432. The fourth-order valence-corrected chi connectivity index (χ4v) is 4.72. The molecule has 1 saturated heterocycles. The molecule has 7 nitrogen and oxygen atoms in total. The van der Waals surface area contributed by atoms with Gasteiger partial charge in [-0.05, 0) is 36.6 Å². The van der Waals surface area contributed by atoms with Gasteiger partial charge in [0, 0.05) is 37.7 Å². The molecule has 1 aliphatic heterocycles. The maximum absolute atomic E-state index is 13.4. The Morgan fingerprint density at radius 2 is 1.76 bits per heavy atom. The molecule has 0 bridgehead atoms. The summed E-state index contributed by atoms with van der Waals surface area (Å²) in [5, 5.41) is 14.3. The Morgan fingerprint density at radius 3 is 2.47 bits per heavy atom. The van der Waals surface area contributed by atoms with E-state index in [9.17, 15) is 4.79 Å². The van der Waals surface area contributed by atoms with Crippen LogP contribution in [-0.4, -0.2) is 61.7 Å². The van der Waals surface area contributed by atoms with Crippen molar-refractivity contribution in [3.63, 3.8) is 0 Å². The lowest BCUT2D eigenvalue weighted by molar-refractivity contribution is 0.0620. The zero-order valence-electron chi connectivity index (χ0n) is 19.4. The molecule has 0 N–H and O–H groups in total. The zero-order chi connectivity index (χ0) is 23.7. The Labute approximate surface area is 204 Å². The molecule has 0 unspecified atom stereocenters. The van der Waals surface area contributed by atoms with E-state index >= 15 is 0 Å². The number of benzene rings is 2. The number of carbonyl (C=O) groups excluding carboxylic acids is 1. The normalized spacial score (nSPS) is 14.6. The summed E-state index contributed by atoms with van der Waals surface area (Å²) in [6, 6.07) is 18.1. The minimum Gasteiger partial charge on any atom is -0.335 e. The molecule has 0 saturated carbocycles. The van der Waals surface area contributed by atoms with Gasteiger partial charge in [0.15, 0.2) is 11.3 Å². The average Bonchev–Trinajstić information content (AvgIpc) is 3.25. The van der Waals surface area contributed by atoms with Gasteiger partial charge in [0.1, 0.15) is 0 Å². The van der Waals surface area contributed by atoms with Crippen LogP contribution in [0.1, 0.15) is 34.4 Å². The van der Waals surface area contributed by atoms with Gasteiger partial charge in [-0.25, -0.2) is 4.52 Å². The summed E-state index contributed by atoms with van der Waals surface area (Å²) in [5.41, 5.74) is 5.74. The Balaban J connectivity index is 1.38. The largest absolute Gasteiger partial charge is 0.335 e. The van der Waals surface area contributed by atoms with Crippen molar-refractivity contribution in [2.75, 3.05) is 26.2 Å². The first-order valence-corrected chi connectivity index (χ1v) is 12.0. The summed E-state index contributed by atoms with van der Waals surface area (Å²) in [6.45, 7) is 7.82. The Kier molecular flexibility index (Phi) is 6.30. The molecule has 174 valence electrons. The first-order chi connectivity index (χ1) is 16.5. The van der Waals surface area contributed by atoms with Gasteiger partial charge in [-0.1, -0.05) is 61.0 Å². The second-order valence-corrected chi connectivity index (χ2v) is 9.05. The van der Waals surface area contributed by atoms with Gasteiger partial charge in [0.25, 0.3) is 5.91 Å². The molecule has 8 heteroatoms. The number of aryl methyl sites for hydroxylation is 2. The van der Waals surface area contributed by atoms with E-state index in [4.69, 9.17) is 16.7 Å². The molecule has 0 spiro atoms. The third-order valence-corrected chi connectivity index (χ3v) is 6.63. The van der Waals surface area contributed by atoms with Crippen LogP contribution in [0.2, 0.25) is 5.02 Å². The van der Waals surface area contributed by atoms with Crippen LogP contribution in [0.15, 0.2) is 54.6 Å². The van der Waals surface area contributed by atoms with E-state index in [0.717, 1.165) is 42.9 Å². The van der Waals surface area contributed by atoms with Crippen LogP contribution < -0.4 is 0 Å². The summed E-state index contributed by atoms with van der Waals surface area (Å²) in [4.78, 5) is 17.6. The monoisotopic (exact) mass is 474 g/mol. The lowest BCUT2D eigenvalue weighted by atomic mass is 10.0. The highest BCUT2D eigenvalue weighted by atomic mass is 35.5. The van der Waals surface area contributed by atoms with Crippen molar-refractivity contribution in [3.05, 3.63) is 82.3 Å². The van der Waals surface area contributed by atoms with Crippen molar-refractivity contribution in [1.82, 2.24) is 29.6 Å². The molecule has 1 fully saturated rings. The van der Waals surface area contributed by atoms with Gasteiger partial charge in [-0.3, -0.25) is 9.69 Å². The number of rotatable bonds is 5. The van der Waals surface area contributed by atoms with Gasteiger partial charge in [-0.15, -0.1) is 10.2 Å². The van der Waals surface area contributed by atoms with Crippen LogP contribution in [0.5, 0.6) is 0 Å². The average molecular weight is 475 g/mol. The predicted octanol–water partition coefficient (Wildman–Crippen LogP) is 4.27. The molecular weight excluding hydrogens is 448 g/mol. The van der Waals surface area contributed by atoms with Gasteiger partial charge in [-0.2, -0.15) is 5.10 Å². The maximum Gasteiger partial charge on any atom is 0.276 e. The first kappa shape index (κ1) is 22.5. The Hall–Kier alpha value is -3.29. The van der Waals surface area contributed by atoms with Crippen molar-refractivity contribution < 1.29 is 4.79 Å². The number of halogens is 1. The minimum atomic E-state index is -0.0934. The lowest BCUT2D eigenvalue weighted by Crippen LogP contribution is -2.48. The number of piperazine rings is 1. The topological polar surface area (TPSA) is 66.6 Å². The molecule has 2 aromatic carbocycles. The van der Waals surface area contributed by atoms with Gasteiger partial charge < -0.3 is 4.90 Å². The van der Waals surface area contributed by atoms with Crippen LogP contribution in [0, 0.1) is 6.92 Å². The molecule has 34 heavy (non-hydrogen) atoms. The van der Waals surface area contributed by atoms with Crippen LogP contribution in [-0.2, 0) is 13.0 Å². The smallest absolute Gasteiger partial charge is 0.276 e. The maximum atomic E-state index is 13.4. The molecule has 0 aliphatic carbocycles. The summed E-state index contributed by atoms with van der Waals surface area (Å²) >= 11 is 6.23. The molecule has 2 aromatic heterocycles. The molecule has 0 atom stereocenters. The van der Waals surface area contributed by atoms with E-state index in [2.05, 4.69) is 46.3 Å². The molecular formula is C26H27ClN6O. The summed E-state index contributed by atoms with van der Waals surface area (Å²) in [7, 11) is 0. The number of aromatic nitrogens is 4. The number of hydrogen-bond acceptors (Lipinski definition) is 5. The fourth-order valence-electron chi connectivity index (χ4n) is 4.53. The van der Waals surface area contributed by atoms with Gasteiger partial charge >= 0.3 is 0 Å². The first-order valence-electron chi connectivity index (χ1n) is 11.6. The van der Waals surface area contributed by atoms with Crippen LogP contribution in [0.25, 0.3) is 16.8 Å². The van der Waals surface area contributed by atoms with Crippen molar-refractivity contribution >= 4 is 23.2 Å². The number of hydrogen-bond donors (Lipinski definition) is 0. The van der Waals surface area contributed by atoms with Gasteiger partial charge in [0.05, 0.1) is 17.0 Å². The van der Waals surface area contributed by atoms with E-state index in [1.165, 1.54) is 5.56 Å². The van der Waals surface area contributed by atoms with Crippen molar-refractivity contribution in [2.45, 2.75) is 26.8 Å². The summed E-state index contributed by atoms with van der Waals surface area (Å²) < 4.78 is 1.75. The zero-order valence-corrected chi connectivity index (χ0v) is 20.2. The van der Waals surface area contributed by atoms with E-state index in [1.54, 1.807) is 4.52 Å².